The van der Waals surface area contributed by atoms with Gasteiger partial charge in [-0.1, -0.05) is 33.1 Å². The molecule has 0 aliphatic carbocycles. The molecule has 3 N–H and O–H groups in total. The van der Waals surface area contributed by atoms with E-state index >= 15 is 0 Å². The second kappa shape index (κ2) is 20.1. The minimum atomic E-state index is -0.125. The fourth-order valence-electron chi connectivity index (χ4n) is 1.32. The third kappa shape index (κ3) is 20.3. The highest BCUT2D eigenvalue weighted by Gasteiger charge is 2.08. The molecule has 118 valence electrons. The van der Waals surface area contributed by atoms with Crippen LogP contribution in [0.2, 0.25) is 0 Å². The Labute approximate surface area is 117 Å². The van der Waals surface area contributed by atoms with Crippen LogP contribution in [0.1, 0.15) is 46.0 Å². The Morgan fingerprint density at radius 3 is 1.95 bits per heavy atom. The highest BCUT2D eigenvalue weighted by Crippen LogP contribution is 2.06. The molecule has 0 saturated heterocycles. The lowest BCUT2D eigenvalue weighted by atomic mass is 10.2. The van der Waals surface area contributed by atoms with Crippen molar-refractivity contribution in [2.75, 3.05) is 39.6 Å². The molecule has 0 radical (unpaired) electrons. The summed E-state index contributed by atoms with van der Waals surface area (Å²) in [5.74, 6) is 0. The number of hydrogen-bond acceptors (Lipinski definition) is 5. The monoisotopic (exact) mass is 280 g/mol. The molecule has 1 atom stereocenters. The Morgan fingerprint density at radius 1 is 0.842 bits per heavy atom. The molecule has 0 heterocycles. The van der Waals surface area contributed by atoms with Crippen LogP contribution in [0.15, 0.2) is 0 Å². The van der Waals surface area contributed by atoms with Gasteiger partial charge in [0.2, 0.25) is 0 Å². The van der Waals surface area contributed by atoms with Gasteiger partial charge >= 0.3 is 0 Å². The van der Waals surface area contributed by atoms with E-state index in [0.29, 0.717) is 13.2 Å². The molecule has 1 unspecified atom stereocenters. The standard InChI is InChI=1S/C12H26O3.C2H6O2/c1-3-5-7-12(11-14-10-8-13)15-9-6-4-2;3-1-2-4/h12-13H,3-11H2,1-2H3;3-4H,1-2H2. The van der Waals surface area contributed by atoms with Crippen LogP contribution in [-0.4, -0.2) is 61.1 Å². The lowest BCUT2D eigenvalue weighted by Gasteiger charge is -2.17. The largest absolute Gasteiger partial charge is 0.394 e. The van der Waals surface area contributed by atoms with Crippen LogP contribution in [0.3, 0.4) is 0 Å². The number of rotatable bonds is 12. The zero-order valence-electron chi connectivity index (χ0n) is 12.5. The SMILES string of the molecule is CCCCOC(CCCC)COCCO.OCCO. The third-order valence-electron chi connectivity index (χ3n) is 2.37. The van der Waals surface area contributed by atoms with Crippen LogP contribution in [0.4, 0.5) is 0 Å². The van der Waals surface area contributed by atoms with E-state index in [4.69, 9.17) is 24.8 Å². The molecule has 0 aromatic rings. The Kier molecular flexibility index (Phi) is 22.4. The second-order valence-corrected chi connectivity index (χ2v) is 4.23. The molecule has 0 amide bonds. The number of aliphatic hydroxyl groups excluding tert-OH is 3. The molecule has 5 nitrogen and oxygen atoms in total. The van der Waals surface area contributed by atoms with E-state index in [1.165, 1.54) is 12.8 Å². The van der Waals surface area contributed by atoms with Crippen molar-refractivity contribution in [3.05, 3.63) is 0 Å². The molecule has 5 heteroatoms. The molecule has 0 bridgehead atoms. The molecule has 19 heavy (non-hydrogen) atoms. The predicted octanol–water partition coefficient (Wildman–Crippen LogP) is 1.34. The minimum Gasteiger partial charge on any atom is -0.394 e. The van der Waals surface area contributed by atoms with Gasteiger partial charge in [-0.3, -0.25) is 0 Å². The van der Waals surface area contributed by atoms with Gasteiger partial charge in [-0.15, -0.1) is 0 Å². The highest BCUT2D eigenvalue weighted by molar-refractivity contribution is 4.57. The van der Waals surface area contributed by atoms with Crippen LogP contribution in [0, 0.1) is 0 Å². The molecule has 0 spiro atoms. The Bertz CT molecular complexity index is 132. The zero-order chi connectivity index (χ0) is 14.8. The summed E-state index contributed by atoms with van der Waals surface area (Å²) in [6.45, 7) is 6.04. The van der Waals surface area contributed by atoms with Gasteiger partial charge in [-0.25, -0.2) is 0 Å². The van der Waals surface area contributed by atoms with Gasteiger partial charge < -0.3 is 24.8 Å². The third-order valence-corrected chi connectivity index (χ3v) is 2.37. The predicted molar refractivity (Wildman–Crippen MR) is 76.2 cm³/mol. The molecular weight excluding hydrogens is 248 g/mol. The van der Waals surface area contributed by atoms with Crippen molar-refractivity contribution in [3.63, 3.8) is 0 Å². The average molecular weight is 280 g/mol. The summed E-state index contributed by atoms with van der Waals surface area (Å²) in [4.78, 5) is 0. The number of unbranched alkanes of at least 4 members (excludes halogenated alkanes) is 2. The first kappa shape index (κ1) is 21.1. The molecule has 0 aliphatic rings. The fourth-order valence-corrected chi connectivity index (χ4v) is 1.32. The van der Waals surface area contributed by atoms with E-state index in [1.54, 1.807) is 0 Å². The average Bonchev–Trinajstić information content (AvgIpc) is 2.45. The van der Waals surface area contributed by atoms with Crippen LogP contribution in [0.25, 0.3) is 0 Å². The molecule has 0 rings (SSSR count). The molecule has 0 aliphatic heterocycles. The van der Waals surface area contributed by atoms with Gasteiger partial charge in [0.1, 0.15) is 0 Å². The summed E-state index contributed by atoms with van der Waals surface area (Å²) in [6, 6.07) is 0. The maximum atomic E-state index is 8.60. The van der Waals surface area contributed by atoms with Crippen LogP contribution < -0.4 is 0 Å². The van der Waals surface area contributed by atoms with Crippen LogP contribution >= 0.6 is 0 Å². The lowest BCUT2D eigenvalue weighted by Crippen LogP contribution is -2.21. The smallest absolute Gasteiger partial charge is 0.0808 e. The zero-order valence-corrected chi connectivity index (χ0v) is 12.5. The normalized spacial score (nSPS) is 11.8. The van der Waals surface area contributed by atoms with Crippen LogP contribution in [0.5, 0.6) is 0 Å². The van der Waals surface area contributed by atoms with E-state index in [-0.39, 0.29) is 25.9 Å². The van der Waals surface area contributed by atoms with E-state index in [2.05, 4.69) is 13.8 Å². The summed E-state index contributed by atoms with van der Waals surface area (Å²) in [7, 11) is 0. The maximum Gasteiger partial charge on any atom is 0.0808 e. The van der Waals surface area contributed by atoms with Crippen molar-refractivity contribution in [1.82, 2.24) is 0 Å². The van der Waals surface area contributed by atoms with Crippen molar-refractivity contribution in [2.24, 2.45) is 0 Å². The molecule has 0 saturated carbocycles. The number of hydrogen-bond donors (Lipinski definition) is 3. The molecule has 0 aromatic carbocycles. The van der Waals surface area contributed by atoms with Gasteiger partial charge in [0, 0.05) is 6.61 Å². The molecule has 0 aromatic heterocycles. The van der Waals surface area contributed by atoms with Gasteiger partial charge in [0.15, 0.2) is 0 Å². The van der Waals surface area contributed by atoms with E-state index in [0.717, 1.165) is 25.9 Å². The minimum absolute atomic E-state index is 0.0927. The topological polar surface area (TPSA) is 79.2 Å². The summed E-state index contributed by atoms with van der Waals surface area (Å²) in [5.41, 5.74) is 0. The van der Waals surface area contributed by atoms with Crippen molar-refractivity contribution in [2.45, 2.75) is 52.1 Å². The fraction of sp³-hybridized carbons (Fsp3) is 1.00. The first-order valence-electron chi connectivity index (χ1n) is 7.28. The van der Waals surface area contributed by atoms with Crippen molar-refractivity contribution < 1.29 is 24.8 Å². The first-order chi connectivity index (χ1) is 9.26. The lowest BCUT2D eigenvalue weighted by molar-refractivity contribution is -0.0287. The second-order valence-electron chi connectivity index (χ2n) is 4.23. The Morgan fingerprint density at radius 2 is 1.47 bits per heavy atom. The van der Waals surface area contributed by atoms with Gasteiger partial charge in [0.05, 0.1) is 39.1 Å². The van der Waals surface area contributed by atoms with Gasteiger partial charge in [-0.2, -0.15) is 0 Å². The Balaban J connectivity index is 0. The summed E-state index contributed by atoms with van der Waals surface area (Å²) in [6.07, 6.45) is 5.92. The summed E-state index contributed by atoms with van der Waals surface area (Å²) in [5, 5.41) is 23.9. The van der Waals surface area contributed by atoms with Crippen molar-refractivity contribution >= 4 is 0 Å². The van der Waals surface area contributed by atoms with E-state index < -0.39 is 0 Å². The number of aliphatic hydroxyl groups is 3. The molecule has 0 fully saturated rings. The number of ether oxygens (including phenoxy) is 2. The van der Waals surface area contributed by atoms with Crippen LogP contribution in [-0.2, 0) is 9.47 Å². The summed E-state index contributed by atoms with van der Waals surface area (Å²) >= 11 is 0. The maximum absolute atomic E-state index is 8.60. The van der Waals surface area contributed by atoms with Gasteiger partial charge in [-0.05, 0) is 12.8 Å². The van der Waals surface area contributed by atoms with Gasteiger partial charge in [0.25, 0.3) is 0 Å². The Hall–Kier alpha value is -0.200. The molecular formula is C14H32O5. The quantitative estimate of drug-likeness (QED) is 0.470. The van der Waals surface area contributed by atoms with Crippen molar-refractivity contribution in [1.29, 1.82) is 0 Å². The van der Waals surface area contributed by atoms with Crippen molar-refractivity contribution in [3.8, 4) is 0 Å². The van der Waals surface area contributed by atoms with E-state index in [9.17, 15) is 0 Å². The van der Waals surface area contributed by atoms with E-state index in [1.807, 2.05) is 0 Å². The first-order valence-corrected chi connectivity index (χ1v) is 7.28. The highest BCUT2D eigenvalue weighted by atomic mass is 16.5. The summed E-state index contributed by atoms with van der Waals surface area (Å²) < 4.78 is 11.0.